The average Bonchev–Trinajstić information content (AvgIpc) is 2.81. The van der Waals surface area contributed by atoms with Crippen molar-refractivity contribution in [1.29, 1.82) is 0 Å². The number of halogens is 1. The smallest absolute Gasteiger partial charge is 0.151 e. The van der Waals surface area contributed by atoms with Gasteiger partial charge < -0.3 is 15.0 Å². The molecule has 2 heterocycles. The molecular formula is C15H19FN4O. The van der Waals surface area contributed by atoms with Gasteiger partial charge in [-0.1, -0.05) is 6.07 Å². The Morgan fingerprint density at radius 3 is 3.05 bits per heavy atom. The third-order valence-corrected chi connectivity index (χ3v) is 3.69. The van der Waals surface area contributed by atoms with Gasteiger partial charge in [-0.05, 0) is 25.1 Å². The fourth-order valence-corrected chi connectivity index (χ4v) is 2.61. The van der Waals surface area contributed by atoms with Crippen molar-refractivity contribution in [1.82, 2.24) is 15.5 Å². The molecule has 2 aromatic rings. The Hall–Kier alpha value is -2.08. The lowest BCUT2D eigenvalue weighted by Crippen LogP contribution is -2.28. The van der Waals surface area contributed by atoms with Crippen molar-refractivity contribution in [2.24, 2.45) is 0 Å². The predicted octanol–water partition coefficient (Wildman–Crippen LogP) is 2.02. The monoisotopic (exact) mass is 290 g/mol. The molecule has 0 radical (unpaired) electrons. The van der Waals surface area contributed by atoms with Gasteiger partial charge in [0, 0.05) is 25.7 Å². The standard InChI is InChI=1S/C15H19FN4O/c1-21-13-5-2-4-11(16)15(13)12-10-14(19-18-12)20-8-3-6-17-7-9-20/h2,4-5,10,17H,3,6-9H2,1H3,(H,18,19). The molecule has 1 aliphatic rings. The number of ether oxygens (including phenoxy) is 1. The summed E-state index contributed by atoms with van der Waals surface area (Å²) in [5.41, 5.74) is 1.06. The second-order valence-corrected chi connectivity index (χ2v) is 5.05. The van der Waals surface area contributed by atoms with E-state index in [2.05, 4.69) is 20.4 Å². The summed E-state index contributed by atoms with van der Waals surface area (Å²) in [6.45, 7) is 3.81. The van der Waals surface area contributed by atoms with Gasteiger partial charge in [0.15, 0.2) is 5.82 Å². The molecular weight excluding hydrogens is 271 g/mol. The highest BCUT2D eigenvalue weighted by atomic mass is 19.1. The van der Waals surface area contributed by atoms with E-state index in [-0.39, 0.29) is 5.82 Å². The zero-order valence-electron chi connectivity index (χ0n) is 12.0. The first kappa shape index (κ1) is 13.9. The molecule has 1 aromatic heterocycles. The Labute approximate surface area is 123 Å². The van der Waals surface area contributed by atoms with Crippen molar-refractivity contribution in [3.05, 3.63) is 30.1 Å². The van der Waals surface area contributed by atoms with Crippen LogP contribution < -0.4 is 15.0 Å². The zero-order valence-corrected chi connectivity index (χ0v) is 12.0. The molecule has 0 atom stereocenters. The van der Waals surface area contributed by atoms with Gasteiger partial charge >= 0.3 is 0 Å². The van der Waals surface area contributed by atoms with Crippen LogP contribution >= 0.6 is 0 Å². The first-order valence-electron chi connectivity index (χ1n) is 7.13. The van der Waals surface area contributed by atoms with Crippen molar-refractivity contribution < 1.29 is 9.13 Å². The summed E-state index contributed by atoms with van der Waals surface area (Å²) in [5.74, 6) is 1.03. The van der Waals surface area contributed by atoms with E-state index in [1.54, 1.807) is 12.1 Å². The van der Waals surface area contributed by atoms with Crippen LogP contribution in [0.5, 0.6) is 5.75 Å². The van der Waals surface area contributed by atoms with Crippen molar-refractivity contribution >= 4 is 5.82 Å². The summed E-state index contributed by atoms with van der Waals surface area (Å²) in [7, 11) is 1.54. The van der Waals surface area contributed by atoms with Crippen molar-refractivity contribution in [2.45, 2.75) is 6.42 Å². The van der Waals surface area contributed by atoms with Crippen molar-refractivity contribution in [3.8, 4) is 17.0 Å². The third-order valence-electron chi connectivity index (χ3n) is 3.69. The molecule has 2 N–H and O–H groups in total. The second-order valence-electron chi connectivity index (χ2n) is 5.05. The fourth-order valence-electron chi connectivity index (χ4n) is 2.61. The van der Waals surface area contributed by atoms with Gasteiger partial charge in [-0.15, -0.1) is 0 Å². The molecule has 1 saturated heterocycles. The average molecular weight is 290 g/mol. The van der Waals surface area contributed by atoms with Crippen LogP contribution in [0.2, 0.25) is 0 Å². The highest BCUT2D eigenvalue weighted by molar-refractivity contribution is 5.70. The molecule has 0 bridgehead atoms. The Bertz CT molecular complexity index is 605. The number of nitrogens with one attached hydrogen (secondary N) is 2. The normalized spacial score (nSPS) is 15.8. The van der Waals surface area contributed by atoms with Crippen molar-refractivity contribution in [3.63, 3.8) is 0 Å². The predicted molar refractivity (Wildman–Crippen MR) is 80.2 cm³/mol. The Morgan fingerprint density at radius 1 is 1.29 bits per heavy atom. The molecule has 0 saturated carbocycles. The molecule has 3 rings (SSSR count). The van der Waals surface area contributed by atoms with E-state index in [0.717, 1.165) is 38.4 Å². The lowest BCUT2D eigenvalue weighted by Gasteiger charge is -2.18. The first-order chi connectivity index (χ1) is 10.3. The van der Waals surface area contributed by atoms with E-state index in [9.17, 15) is 4.39 Å². The number of aromatic amines is 1. The van der Waals surface area contributed by atoms with Gasteiger partial charge in [0.2, 0.25) is 0 Å². The van der Waals surface area contributed by atoms with Gasteiger partial charge in [-0.2, -0.15) is 5.10 Å². The minimum absolute atomic E-state index is 0.318. The number of hydrogen-bond donors (Lipinski definition) is 2. The van der Waals surface area contributed by atoms with Crippen LogP contribution in [0.4, 0.5) is 10.2 Å². The summed E-state index contributed by atoms with van der Waals surface area (Å²) in [4.78, 5) is 2.20. The Balaban J connectivity index is 1.91. The zero-order chi connectivity index (χ0) is 14.7. The van der Waals surface area contributed by atoms with E-state index in [1.807, 2.05) is 6.07 Å². The summed E-state index contributed by atoms with van der Waals surface area (Å²) in [6.07, 6.45) is 1.07. The van der Waals surface area contributed by atoms with E-state index >= 15 is 0 Å². The maximum Gasteiger partial charge on any atom is 0.151 e. The first-order valence-corrected chi connectivity index (χ1v) is 7.13. The Morgan fingerprint density at radius 2 is 2.19 bits per heavy atom. The quantitative estimate of drug-likeness (QED) is 0.908. The SMILES string of the molecule is COc1cccc(F)c1-c1cc(N2CCCNCC2)n[nH]1. The molecule has 0 spiro atoms. The van der Waals surface area contributed by atoms with Crippen LogP contribution in [0.1, 0.15) is 6.42 Å². The molecule has 6 heteroatoms. The van der Waals surface area contributed by atoms with Gasteiger partial charge in [0.1, 0.15) is 11.6 Å². The molecule has 5 nitrogen and oxygen atoms in total. The van der Waals surface area contributed by atoms with Crippen LogP contribution in [0.25, 0.3) is 11.3 Å². The van der Waals surface area contributed by atoms with Gasteiger partial charge in [-0.25, -0.2) is 4.39 Å². The number of aromatic nitrogens is 2. The summed E-state index contributed by atoms with van der Waals surface area (Å²) >= 11 is 0. The molecule has 1 fully saturated rings. The molecule has 0 unspecified atom stereocenters. The number of hydrogen-bond acceptors (Lipinski definition) is 4. The minimum atomic E-state index is -0.318. The number of methoxy groups -OCH3 is 1. The largest absolute Gasteiger partial charge is 0.496 e. The number of benzene rings is 1. The van der Waals surface area contributed by atoms with Crippen LogP contribution in [-0.4, -0.2) is 43.5 Å². The molecule has 0 aliphatic carbocycles. The number of anilines is 1. The number of rotatable bonds is 3. The lowest BCUT2D eigenvalue weighted by molar-refractivity contribution is 0.413. The highest BCUT2D eigenvalue weighted by Crippen LogP contribution is 2.32. The Kier molecular flexibility index (Phi) is 4.06. The van der Waals surface area contributed by atoms with E-state index in [0.29, 0.717) is 17.0 Å². The van der Waals surface area contributed by atoms with Crippen LogP contribution in [0.15, 0.2) is 24.3 Å². The third kappa shape index (κ3) is 2.85. The lowest BCUT2D eigenvalue weighted by atomic mass is 10.1. The summed E-state index contributed by atoms with van der Waals surface area (Å²) in [6, 6.07) is 6.69. The number of nitrogens with zero attached hydrogens (tertiary/aromatic N) is 2. The number of H-pyrrole nitrogens is 1. The van der Waals surface area contributed by atoms with Gasteiger partial charge in [0.25, 0.3) is 0 Å². The van der Waals surface area contributed by atoms with Crippen LogP contribution in [-0.2, 0) is 0 Å². The molecule has 1 aromatic carbocycles. The molecule has 21 heavy (non-hydrogen) atoms. The summed E-state index contributed by atoms with van der Waals surface area (Å²) < 4.78 is 19.3. The maximum atomic E-state index is 14.1. The summed E-state index contributed by atoms with van der Waals surface area (Å²) in [5, 5.41) is 10.6. The maximum absolute atomic E-state index is 14.1. The molecule has 1 aliphatic heterocycles. The van der Waals surface area contributed by atoms with Gasteiger partial charge in [-0.3, -0.25) is 5.10 Å². The van der Waals surface area contributed by atoms with Crippen molar-refractivity contribution in [2.75, 3.05) is 38.2 Å². The topological polar surface area (TPSA) is 53.2 Å². The van der Waals surface area contributed by atoms with Gasteiger partial charge in [0.05, 0.1) is 18.4 Å². The molecule has 112 valence electrons. The van der Waals surface area contributed by atoms with E-state index in [1.165, 1.54) is 13.2 Å². The van der Waals surface area contributed by atoms with Crippen LogP contribution in [0, 0.1) is 5.82 Å². The second kappa shape index (κ2) is 6.13. The molecule has 0 amide bonds. The minimum Gasteiger partial charge on any atom is -0.496 e. The highest BCUT2D eigenvalue weighted by Gasteiger charge is 2.17. The fraction of sp³-hybridized carbons (Fsp3) is 0.400. The van der Waals surface area contributed by atoms with Crippen LogP contribution in [0.3, 0.4) is 0 Å². The van der Waals surface area contributed by atoms with E-state index < -0.39 is 0 Å². The van der Waals surface area contributed by atoms with E-state index in [4.69, 9.17) is 4.74 Å².